The number of benzene rings is 2. The Morgan fingerprint density at radius 1 is 1.11 bits per heavy atom. The number of alkyl carbamates (subject to hydrolysis) is 1. The van der Waals surface area contributed by atoms with Gasteiger partial charge in [-0.3, -0.25) is 10.1 Å². The molecule has 0 aromatic heterocycles. The Morgan fingerprint density at radius 3 is 2.43 bits per heavy atom. The van der Waals surface area contributed by atoms with Gasteiger partial charge < -0.3 is 15.8 Å². The van der Waals surface area contributed by atoms with Gasteiger partial charge in [-0.15, -0.1) is 0 Å². The van der Waals surface area contributed by atoms with E-state index in [0.29, 0.717) is 19.4 Å². The summed E-state index contributed by atoms with van der Waals surface area (Å²) in [7, 11) is 0. The Balaban J connectivity index is 1.70. The van der Waals surface area contributed by atoms with E-state index in [1.165, 1.54) is 0 Å². The molecule has 0 saturated carbocycles. The van der Waals surface area contributed by atoms with Crippen LogP contribution < -0.4 is 16.4 Å². The van der Waals surface area contributed by atoms with Crippen LogP contribution in [-0.4, -0.2) is 24.6 Å². The maximum absolute atomic E-state index is 11.7. The molecule has 0 aliphatic rings. The zero-order valence-electron chi connectivity index (χ0n) is 15.9. The number of primary amides is 1. The molecule has 0 saturated heterocycles. The summed E-state index contributed by atoms with van der Waals surface area (Å²) in [5.74, 6) is -0.407. The molecule has 2 aromatic rings. The summed E-state index contributed by atoms with van der Waals surface area (Å²) in [5.41, 5.74) is 7.52. The molecule has 2 rings (SSSR count). The van der Waals surface area contributed by atoms with E-state index in [4.69, 9.17) is 10.5 Å². The average molecular weight is 448 g/mol. The van der Waals surface area contributed by atoms with Crippen molar-refractivity contribution in [3.8, 4) is 0 Å². The van der Waals surface area contributed by atoms with Gasteiger partial charge in [-0.25, -0.2) is 4.79 Å². The summed E-state index contributed by atoms with van der Waals surface area (Å²) in [6.07, 6.45) is 0.652. The number of halogens is 1. The van der Waals surface area contributed by atoms with E-state index in [9.17, 15) is 9.59 Å². The summed E-state index contributed by atoms with van der Waals surface area (Å²) in [4.78, 5) is 23.5. The van der Waals surface area contributed by atoms with Crippen molar-refractivity contribution < 1.29 is 14.3 Å². The van der Waals surface area contributed by atoms with Gasteiger partial charge in [0.1, 0.15) is 6.61 Å². The number of nitrogens with two attached hydrogens (primary N) is 1. The number of hydrogen-bond donors (Lipinski definition) is 3. The minimum absolute atomic E-state index is 0.0191. The van der Waals surface area contributed by atoms with E-state index in [1.807, 2.05) is 61.5 Å². The lowest BCUT2D eigenvalue weighted by molar-refractivity contribution is -0.120. The molecule has 0 aliphatic carbocycles. The first-order valence-electron chi connectivity index (χ1n) is 9.21. The Labute approximate surface area is 174 Å². The van der Waals surface area contributed by atoms with Crippen molar-refractivity contribution in [2.45, 2.75) is 38.5 Å². The molecule has 7 heteroatoms. The maximum Gasteiger partial charge on any atom is 0.407 e. The zero-order valence-corrected chi connectivity index (χ0v) is 17.4. The van der Waals surface area contributed by atoms with Crippen LogP contribution in [0.1, 0.15) is 36.9 Å². The third-order valence-corrected chi connectivity index (χ3v) is 4.84. The summed E-state index contributed by atoms with van der Waals surface area (Å²) < 4.78 is 6.15. The predicted molar refractivity (Wildman–Crippen MR) is 113 cm³/mol. The molecule has 28 heavy (non-hydrogen) atoms. The van der Waals surface area contributed by atoms with Crippen molar-refractivity contribution in [3.05, 3.63) is 70.2 Å². The number of carbonyl (C=O) groups is 2. The Morgan fingerprint density at radius 2 is 1.79 bits per heavy atom. The fraction of sp³-hybridized carbons (Fsp3) is 0.333. The van der Waals surface area contributed by atoms with Crippen molar-refractivity contribution in [2.24, 2.45) is 5.73 Å². The second-order valence-electron chi connectivity index (χ2n) is 6.53. The van der Waals surface area contributed by atoms with Crippen LogP contribution in [0.4, 0.5) is 4.79 Å². The highest BCUT2D eigenvalue weighted by atomic mass is 79.9. The molecule has 6 nitrogen and oxygen atoms in total. The molecule has 2 atom stereocenters. The lowest BCUT2D eigenvalue weighted by Crippen LogP contribution is -2.43. The molecular formula is C21H26BrN3O3. The Kier molecular flexibility index (Phi) is 8.97. The lowest BCUT2D eigenvalue weighted by atomic mass is 10.1. The highest BCUT2D eigenvalue weighted by Gasteiger charge is 2.18. The van der Waals surface area contributed by atoms with Crippen LogP contribution in [0.5, 0.6) is 0 Å². The van der Waals surface area contributed by atoms with Gasteiger partial charge in [0.15, 0.2) is 0 Å². The standard InChI is InChI=1S/C21H26BrN3O3/c1-15(17-9-11-18(22)12-10-17)25-19(20(23)26)8-5-13-24-21(27)28-14-16-6-3-2-4-7-16/h2-4,6-7,9-12,15,19,25H,5,8,13-14H2,1H3,(H2,23,26)(H,24,27)/t15-,19-/m1/s1. The fourth-order valence-corrected chi connectivity index (χ4v) is 2.99. The minimum atomic E-state index is -0.476. The quantitative estimate of drug-likeness (QED) is 0.484. The molecular weight excluding hydrogens is 422 g/mol. The third kappa shape index (κ3) is 7.70. The highest BCUT2D eigenvalue weighted by molar-refractivity contribution is 9.10. The van der Waals surface area contributed by atoms with E-state index in [2.05, 4.69) is 26.6 Å². The van der Waals surface area contributed by atoms with Gasteiger partial charge in [-0.2, -0.15) is 0 Å². The Hall–Kier alpha value is -2.38. The Bertz CT molecular complexity index is 753. The molecule has 0 unspecified atom stereocenters. The summed E-state index contributed by atoms with van der Waals surface area (Å²) in [6.45, 7) is 2.62. The van der Waals surface area contributed by atoms with Gasteiger partial charge in [0, 0.05) is 17.1 Å². The van der Waals surface area contributed by atoms with E-state index in [1.54, 1.807) is 0 Å². The normalized spacial score (nSPS) is 12.8. The SMILES string of the molecule is C[C@@H](N[C@H](CCCNC(=O)OCc1ccccc1)C(N)=O)c1ccc(Br)cc1. The van der Waals surface area contributed by atoms with E-state index in [-0.39, 0.29) is 12.6 Å². The first-order chi connectivity index (χ1) is 13.5. The molecule has 2 aromatic carbocycles. The molecule has 0 heterocycles. The fourth-order valence-electron chi connectivity index (χ4n) is 2.73. The van der Waals surface area contributed by atoms with Gasteiger partial charge in [0.05, 0.1) is 6.04 Å². The largest absolute Gasteiger partial charge is 0.445 e. The van der Waals surface area contributed by atoms with Crippen molar-refractivity contribution in [1.82, 2.24) is 10.6 Å². The predicted octanol–water partition coefficient (Wildman–Crippen LogP) is 3.66. The first kappa shape index (κ1) is 21.9. The van der Waals surface area contributed by atoms with E-state index in [0.717, 1.165) is 15.6 Å². The molecule has 0 radical (unpaired) electrons. The van der Waals surface area contributed by atoms with E-state index < -0.39 is 18.0 Å². The van der Waals surface area contributed by atoms with Crippen LogP contribution in [0.2, 0.25) is 0 Å². The van der Waals surface area contributed by atoms with Gasteiger partial charge >= 0.3 is 6.09 Å². The number of hydrogen-bond acceptors (Lipinski definition) is 4. The van der Waals surface area contributed by atoms with Gasteiger partial charge in [-0.1, -0.05) is 58.4 Å². The molecule has 0 fully saturated rings. The molecule has 0 aliphatic heterocycles. The number of rotatable bonds is 10. The van der Waals surface area contributed by atoms with E-state index >= 15 is 0 Å². The molecule has 2 amide bonds. The van der Waals surface area contributed by atoms with Crippen LogP contribution in [0, 0.1) is 0 Å². The number of amides is 2. The first-order valence-corrected chi connectivity index (χ1v) is 10.0. The van der Waals surface area contributed by atoms with Crippen LogP contribution in [0.3, 0.4) is 0 Å². The molecule has 0 bridgehead atoms. The minimum Gasteiger partial charge on any atom is -0.445 e. The van der Waals surface area contributed by atoms with Crippen molar-refractivity contribution in [1.29, 1.82) is 0 Å². The van der Waals surface area contributed by atoms with Crippen LogP contribution >= 0.6 is 15.9 Å². The number of nitrogens with one attached hydrogen (secondary N) is 2. The number of carbonyl (C=O) groups excluding carboxylic acids is 2. The number of ether oxygens (including phenoxy) is 1. The molecule has 0 spiro atoms. The van der Waals surface area contributed by atoms with Crippen LogP contribution in [0.25, 0.3) is 0 Å². The van der Waals surface area contributed by atoms with Gasteiger partial charge in [-0.05, 0) is 43.0 Å². The second kappa shape index (κ2) is 11.5. The second-order valence-corrected chi connectivity index (χ2v) is 7.44. The topological polar surface area (TPSA) is 93.4 Å². The molecule has 150 valence electrons. The van der Waals surface area contributed by atoms with Crippen LogP contribution in [-0.2, 0) is 16.1 Å². The van der Waals surface area contributed by atoms with Gasteiger partial charge in [0.2, 0.25) is 5.91 Å². The summed E-state index contributed by atoms with van der Waals surface area (Å²) in [5, 5.41) is 5.95. The third-order valence-electron chi connectivity index (χ3n) is 4.32. The monoisotopic (exact) mass is 447 g/mol. The average Bonchev–Trinajstić information content (AvgIpc) is 2.69. The van der Waals surface area contributed by atoms with Crippen molar-refractivity contribution >= 4 is 27.9 Å². The zero-order chi connectivity index (χ0) is 20.4. The lowest BCUT2D eigenvalue weighted by Gasteiger charge is -2.21. The van der Waals surface area contributed by atoms with Gasteiger partial charge in [0.25, 0.3) is 0 Å². The molecule has 4 N–H and O–H groups in total. The van der Waals surface area contributed by atoms with Crippen molar-refractivity contribution in [3.63, 3.8) is 0 Å². The highest BCUT2D eigenvalue weighted by Crippen LogP contribution is 2.17. The van der Waals surface area contributed by atoms with Crippen LogP contribution in [0.15, 0.2) is 59.1 Å². The summed E-state index contributed by atoms with van der Waals surface area (Å²) >= 11 is 3.41. The van der Waals surface area contributed by atoms with Crippen molar-refractivity contribution in [2.75, 3.05) is 6.54 Å². The summed E-state index contributed by atoms with van der Waals surface area (Å²) in [6, 6.07) is 16.9. The maximum atomic E-state index is 11.7. The smallest absolute Gasteiger partial charge is 0.407 e.